The van der Waals surface area contributed by atoms with Crippen LogP contribution in [0.5, 0.6) is 0 Å². The summed E-state index contributed by atoms with van der Waals surface area (Å²) in [6.07, 6.45) is 8.33. The Morgan fingerprint density at radius 3 is 2.79 bits per heavy atom. The van der Waals surface area contributed by atoms with Crippen molar-refractivity contribution in [2.75, 3.05) is 7.11 Å². The number of fused-ring (bicyclic) bond motifs is 5. The summed E-state index contributed by atoms with van der Waals surface area (Å²) in [6.45, 7) is 3.69. The first-order valence-corrected chi connectivity index (χ1v) is 14.9. The fraction of sp³-hybridized carbons (Fsp3) is 0.552. The van der Waals surface area contributed by atoms with Crippen LogP contribution in [0.3, 0.4) is 0 Å². The molecule has 38 heavy (non-hydrogen) atoms. The van der Waals surface area contributed by atoms with Crippen molar-refractivity contribution in [3.63, 3.8) is 0 Å². The molecule has 0 bridgehead atoms. The second-order valence-electron chi connectivity index (χ2n) is 11.6. The lowest BCUT2D eigenvalue weighted by Gasteiger charge is -2.53. The van der Waals surface area contributed by atoms with Gasteiger partial charge in [0.1, 0.15) is 11.5 Å². The molecule has 3 fully saturated rings. The number of rotatable bonds is 3. The summed E-state index contributed by atoms with van der Waals surface area (Å²) < 4.78 is 5.92. The van der Waals surface area contributed by atoms with E-state index in [-0.39, 0.29) is 29.0 Å². The molecule has 4 aliphatic rings. The number of halogens is 1. The largest absolute Gasteiger partial charge is 0.453 e. The molecular formula is C29H35BrN4O3S. The van der Waals surface area contributed by atoms with Crippen LogP contribution >= 0.6 is 28.6 Å². The topological polar surface area (TPSA) is 87.3 Å². The fourth-order valence-electron chi connectivity index (χ4n) is 7.19. The van der Waals surface area contributed by atoms with E-state index < -0.39 is 11.0 Å². The maximum Gasteiger partial charge on any atom is 0.411 e. The second-order valence-corrected chi connectivity index (χ2v) is 13.3. The summed E-state index contributed by atoms with van der Waals surface area (Å²) >= 11 is 8.89. The number of alkyl carbamates (subject to hydrolysis) is 1. The minimum atomic E-state index is -0.637. The van der Waals surface area contributed by atoms with Gasteiger partial charge in [0, 0.05) is 21.8 Å². The molecule has 1 aromatic carbocycles. The van der Waals surface area contributed by atoms with E-state index in [1.807, 2.05) is 18.7 Å². The number of methoxy groups -OCH3 is 1. The molecule has 202 valence electrons. The Balaban J connectivity index is 1.41. The number of thiol groups is 1. The van der Waals surface area contributed by atoms with E-state index in [0.717, 1.165) is 79.4 Å². The van der Waals surface area contributed by atoms with Crippen LogP contribution < -0.4 is 5.32 Å². The molecule has 4 atom stereocenters. The Morgan fingerprint density at radius 2 is 2.03 bits per heavy atom. The molecule has 1 aliphatic heterocycles. The molecule has 9 heteroatoms. The van der Waals surface area contributed by atoms with Gasteiger partial charge in [-0.15, -0.1) is 0 Å². The quantitative estimate of drug-likeness (QED) is 0.297. The number of H-pyrrole nitrogens is 1. The number of allylic oxidation sites excluding steroid dienone is 1. The van der Waals surface area contributed by atoms with Crippen LogP contribution in [0.4, 0.5) is 4.79 Å². The van der Waals surface area contributed by atoms with E-state index in [2.05, 4.69) is 44.4 Å². The normalized spacial score (nSPS) is 29.1. The number of ether oxygens (including phenoxy) is 1. The molecule has 3 aliphatic carbocycles. The van der Waals surface area contributed by atoms with Gasteiger partial charge in [0.15, 0.2) is 0 Å². The number of carbonyl (C=O) groups excluding carboxylic acids is 2. The van der Waals surface area contributed by atoms with Crippen molar-refractivity contribution in [2.24, 2.45) is 5.92 Å². The van der Waals surface area contributed by atoms with Gasteiger partial charge in [-0.1, -0.05) is 34.8 Å². The van der Waals surface area contributed by atoms with E-state index >= 15 is 0 Å². The Labute approximate surface area is 237 Å². The van der Waals surface area contributed by atoms with Gasteiger partial charge in [-0.2, -0.15) is 12.6 Å². The van der Waals surface area contributed by atoms with Crippen LogP contribution in [0.15, 0.2) is 33.9 Å². The van der Waals surface area contributed by atoms with Gasteiger partial charge in [-0.3, -0.25) is 10.1 Å². The maximum absolute atomic E-state index is 14.2. The third-order valence-corrected chi connectivity index (χ3v) is 10.5. The van der Waals surface area contributed by atoms with E-state index in [4.69, 9.17) is 22.3 Å². The number of aromatic amines is 1. The maximum atomic E-state index is 14.2. The molecule has 1 unspecified atom stereocenters. The molecule has 7 nitrogen and oxygen atoms in total. The molecule has 0 radical (unpaired) electrons. The Bertz CT molecular complexity index is 1350. The third-order valence-electron chi connectivity index (χ3n) is 9.17. The number of hydrogen-bond acceptors (Lipinski definition) is 5. The fourth-order valence-corrected chi connectivity index (χ4v) is 8.20. The highest BCUT2D eigenvalue weighted by Gasteiger charge is 2.70. The van der Waals surface area contributed by atoms with Crippen LogP contribution in [0.25, 0.3) is 11.3 Å². The predicted octanol–water partition coefficient (Wildman–Crippen LogP) is 6.04. The average Bonchev–Trinajstić information content (AvgIpc) is 3.50. The number of imidazole rings is 1. The van der Waals surface area contributed by atoms with Gasteiger partial charge in [0.25, 0.3) is 5.91 Å². The van der Waals surface area contributed by atoms with Gasteiger partial charge in [-0.05, 0) is 88.0 Å². The molecule has 2 saturated carbocycles. The molecular weight excluding hydrogens is 564 g/mol. The van der Waals surface area contributed by atoms with Crippen molar-refractivity contribution in [3.8, 4) is 11.3 Å². The summed E-state index contributed by atoms with van der Waals surface area (Å²) in [5, 5.41) is 2.70. The molecule has 2 heterocycles. The van der Waals surface area contributed by atoms with E-state index in [1.54, 1.807) is 0 Å². The van der Waals surface area contributed by atoms with Crippen molar-refractivity contribution in [1.82, 2.24) is 20.2 Å². The van der Waals surface area contributed by atoms with Crippen LogP contribution in [0.1, 0.15) is 75.9 Å². The molecule has 2 aromatic rings. The zero-order valence-electron chi connectivity index (χ0n) is 22.2. The average molecular weight is 600 g/mol. The van der Waals surface area contributed by atoms with Crippen molar-refractivity contribution >= 4 is 40.6 Å². The standard InChI is InChI=1S/C29H35BrN4O3S/c1-16(2)23(33-27(36)37-3)25(35)34-22-15-28(22,14-18-8-4-5-12-29(18,34)38)26-31-21-9-6-7-17-13-19(30)10-11-20(17)24(21)32-26/h10-11,13,18,22,38H,4-9,12,14-15H2,1-3H3,(H,31,32)(H,33,36)/t18-,22?,28+,29+/m0/s1. The summed E-state index contributed by atoms with van der Waals surface area (Å²) in [5.41, 5.74) is 5.59. The number of benzene rings is 1. The van der Waals surface area contributed by atoms with E-state index in [9.17, 15) is 9.59 Å². The number of nitrogens with zero attached hydrogens (tertiary/aromatic N) is 2. The molecule has 1 aromatic heterocycles. The summed E-state index contributed by atoms with van der Waals surface area (Å²) in [6, 6.07) is 6.46. The molecule has 6 rings (SSSR count). The monoisotopic (exact) mass is 598 g/mol. The highest BCUT2D eigenvalue weighted by atomic mass is 79.9. The van der Waals surface area contributed by atoms with Crippen molar-refractivity contribution in [1.29, 1.82) is 0 Å². The van der Waals surface area contributed by atoms with Crippen LogP contribution in [0, 0.1) is 5.92 Å². The van der Waals surface area contributed by atoms with Gasteiger partial charge in [0.2, 0.25) is 0 Å². The van der Waals surface area contributed by atoms with Gasteiger partial charge in [0.05, 0.1) is 23.1 Å². The third kappa shape index (κ3) is 4.03. The lowest BCUT2D eigenvalue weighted by atomic mass is 9.73. The van der Waals surface area contributed by atoms with Crippen molar-refractivity contribution < 1.29 is 14.3 Å². The first-order valence-electron chi connectivity index (χ1n) is 13.6. The van der Waals surface area contributed by atoms with Crippen LogP contribution in [0.2, 0.25) is 0 Å². The highest BCUT2D eigenvalue weighted by Crippen LogP contribution is 2.65. The van der Waals surface area contributed by atoms with Gasteiger partial charge < -0.3 is 14.6 Å². The van der Waals surface area contributed by atoms with Crippen LogP contribution in [-0.2, 0) is 27.8 Å². The van der Waals surface area contributed by atoms with Gasteiger partial charge >= 0.3 is 6.09 Å². The number of aryl methyl sites for hydroxylation is 2. The molecule has 2 N–H and O–H groups in total. The molecule has 2 amide bonds. The zero-order chi connectivity index (χ0) is 26.8. The second kappa shape index (κ2) is 9.44. The number of carbonyl (C=O) groups is 2. The smallest absolute Gasteiger partial charge is 0.411 e. The minimum absolute atomic E-state index is 0.0187. The van der Waals surface area contributed by atoms with Crippen molar-refractivity contribution in [2.45, 2.75) is 88.0 Å². The lowest BCUT2D eigenvalue weighted by molar-refractivity contribution is -0.137. The Hall–Kier alpha value is -2.26. The number of piperidine rings is 1. The Kier molecular flexibility index (Phi) is 6.45. The number of likely N-dealkylation sites (tertiary alicyclic amines) is 1. The predicted molar refractivity (Wildman–Crippen MR) is 153 cm³/mol. The van der Waals surface area contributed by atoms with Gasteiger partial charge in [-0.25, -0.2) is 9.78 Å². The van der Waals surface area contributed by atoms with E-state index in [1.165, 1.54) is 23.9 Å². The summed E-state index contributed by atoms with van der Waals surface area (Å²) in [5.74, 6) is 1.08. The number of nitrogens with one attached hydrogen (secondary N) is 2. The first kappa shape index (κ1) is 26.0. The number of aromatic nitrogens is 2. The Morgan fingerprint density at radius 1 is 1.21 bits per heavy atom. The molecule has 1 saturated heterocycles. The van der Waals surface area contributed by atoms with E-state index in [0.29, 0.717) is 0 Å². The summed E-state index contributed by atoms with van der Waals surface area (Å²) in [7, 11) is 1.31. The highest BCUT2D eigenvalue weighted by molar-refractivity contribution is 9.10. The SMILES string of the molecule is COC(=O)NC(C(=O)N1C2C[C@]2(c2nc3c([nH]2)CCCc2cc(Br)ccc2-3)C[C@@H]2CCCC[C@@]21S)=C(C)C. The molecule has 0 spiro atoms. The van der Waals surface area contributed by atoms with Crippen molar-refractivity contribution in [3.05, 3.63) is 51.0 Å². The zero-order valence-corrected chi connectivity index (χ0v) is 24.7. The minimum Gasteiger partial charge on any atom is -0.453 e. The number of amides is 2. The van der Waals surface area contributed by atoms with Crippen LogP contribution in [-0.4, -0.2) is 44.9 Å². The summed E-state index contributed by atoms with van der Waals surface area (Å²) in [4.78, 5) is 36.8. The number of hydrogen-bond donors (Lipinski definition) is 3. The lowest BCUT2D eigenvalue weighted by Crippen LogP contribution is -2.61. The first-order chi connectivity index (χ1) is 18.2.